The van der Waals surface area contributed by atoms with E-state index in [0.717, 1.165) is 25.2 Å². The molecular weight excluding hydrogens is 436 g/mol. The number of aliphatic imine (C=N–C) groups is 1. The van der Waals surface area contributed by atoms with Crippen LogP contribution in [0.3, 0.4) is 0 Å². The van der Waals surface area contributed by atoms with Gasteiger partial charge in [0.1, 0.15) is 0 Å². The average molecular weight is 458 g/mol. The average Bonchev–Trinajstić information content (AvgIpc) is 2.84. The summed E-state index contributed by atoms with van der Waals surface area (Å²) < 4.78 is 5.41. The Morgan fingerprint density at radius 3 is 2.82 bits per heavy atom. The molecule has 22 heavy (non-hydrogen) atoms. The van der Waals surface area contributed by atoms with E-state index in [1.807, 2.05) is 19.1 Å². The summed E-state index contributed by atoms with van der Waals surface area (Å²) in [6.07, 6.45) is 1.02. The second kappa shape index (κ2) is 8.57. The van der Waals surface area contributed by atoms with E-state index in [9.17, 15) is 0 Å². The van der Waals surface area contributed by atoms with Crippen molar-refractivity contribution in [3.63, 3.8) is 0 Å². The summed E-state index contributed by atoms with van der Waals surface area (Å²) in [5, 5.41) is 4.39. The molecular formula is C15H22Cl2IN3O. The summed E-state index contributed by atoms with van der Waals surface area (Å²) in [4.78, 5) is 4.42. The topological polar surface area (TPSA) is 59.6 Å². The molecule has 0 bridgehead atoms. The number of hydrogen-bond acceptors (Lipinski definition) is 2. The van der Waals surface area contributed by atoms with Gasteiger partial charge in [-0.05, 0) is 31.0 Å². The minimum absolute atomic E-state index is 0. The monoisotopic (exact) mass is 457 g/mol. The number of nitrogens with two attached hydrogens (primary N) is 1. The van der Waals surface area contributed by atoms with Gasteiger partial charge in [-0.15, -0.1) is 24.0 Å². The van der Waals surface area contributed by atoms with Crippen LogP contribution in [0.5, 0.6) is 0 Å². The maximum atomic E-state index is 6.19. The first-order valence-electron chi connectivity index (χ1n) is 6.99. The van der Waals surface area contributed by atoms with Crippen LogP contribution in [0.25, 0.3) is 0 Å². The van der Waals surface area contributed by atoms with Crippen LogP contribution in [0.2, 0.25) is 10.0 Å². The van der Waals surface area contributed by atoms with E-state index >= 15 is 0 Å². The molecule has 124 valence electrons. The molecule has 0 spiro atoms. The third kappa shape index (κ3) is 5.44. The second-order valence-corrected chi connectivity index (χ2v) is 6.69. The molecule has 0 saturated carbocycles. The molecule has 0 amide bonds. The fourth-order valence-corrected chi connectivity index (χ4v) is 2.88. The standard InChI is InChI=1S/C15H21Cl2N3O.HI/c1-10(12-4-3-11(16)7-13(12)17)20-14(18)19-8-15(2)5-6-21-9-15;/h3-4,7,10H,5-6,8-9H2,1-2H3,(H3,18,19,20);1H. The predicted molar refractivity (Wildman–Crippen MR) is 103 cm³/mol. The van der Waals surface area contributed by atoms with Gasteiger partial charge in [0.25, 0.3) is 0 Å². The SMILES string of the molecule is CC(NC(N)=NCC1(C)CCOC1)c1ccc(Cl)cc1Cl.I. The molecule has 1 aliphatic heterocycles. The molecule has 1 aliphatic rings. The van der Waals surface area contributed by atoms with E-state index < -0.39 is 0 Å². The van der Waals surface area contributed by atoms with E-state index in [0.29, 0.717) is 22.5 Å². The first-order chi connectivity index (χ1) is 9.89. The molecule has 1 aromatic carbocycles. The number of guanidine groups is 1. The van der Waals surface area contributed by atoms with Gasteiger partial charge in [0.05, 0.1) is 19.2 Å². The lowest BCUT2D eigenvalue weighted by Crippen LogP contribution is -2.35. The number of benzene rings is 1. The molecule has 2 atom stereocenters. The van der Waals surface area contributed by atoms with Gasteiger partial charge in [-0.1, -0.05) is 36.2 Å². The van der Waals surface area contributed by atoms with Crippen molar-refractivity contribution in [2.45, 2.75) is 26.3 Å². The lowest BCUT2D eigenvalue weighted by Gasteiger charge is -2.20. The van der Waals surface area contributed by atoms with Crippen LogP contribution in [0.15, 0.2) is 23.2 Å². The lowest BCUT2D eigenvalue weighted by molar-refractivity contribution is 0.163. The molecule has 4 nitrogen and oxygen atoms in total. The van der Waals surface area contributed by atoms with Crippen LogP contribution >= 0.6 is 47.2 Å². The number of ether oxygens (including phenoxy) is 1. The largest absolute Gasteiger partial charge is 0.381 e. The molecule has 7 heteroatoms. The Bertz CT molecular complexity index is 534. The van der Waals surface area contributed by atoms with Crippen LogP contribution in [0.4, 0.5) is 0 Å². The van der Waals surface area contributed by atoms with Crippen molar-refractivity contribution in [1.82, 2.24) is 5.32 Å². The summed E-state index contributed by atoms with van der Waals surface area (Å²) >= 11 is 12.1. The highest BCUT2D eigenvalue weighted by Gasteiger charge is 2.29. The minimum atomic E-state index is -0.0360. The van der Waals surface area contributed by atoms with Crippen molar-refractivity contribution in [3.8, 4) is 0 Å². The van der Waals surface area contributed by atoms with Crippen LogP contribution in [0, 0.1) is 5.41 Å². The minimum Gasteiger partial charge on any atom is -0.381 e. The van der Waals surface area contributed by atoms with E-state index in [2.05, 4.69) is 17.2 Å². The zero-order valence-corrected chi connectivity index (χ0v) is 16.6. The van der Waals surface area contributed by atoms with Crippen LogP contribution in [-0.2, 0) is 4.74 Å². The molecule has 1 saturated heterocycles. The highest BCUT2D eigenvalue weighted by molar-refractivity contribution is 14.0. The lowest BCUT2D eigenvalue weighted by atomic mass is 9.90. The molecule has 0 radical (unpaired) electrons. The normalized spacial score (nSPS) is 23.0. The van der Waals surface area contributed by atoms with Crippen molar-refractivity contribution < 1.29 is 4.74 Å². The van der Waals surface area contributed by atoms with Crippen molar-refractivity contribution in [2.75, 3.05) is 19.8 Å². The van der Waals surface area contributed by atoms with Crippen molar-refractivity contribution >= 4 is 53.1 Å². The molecule has 0 aromatic heterocycles. The number of nitrogens with one attached hydrogen (secondary N) is 1. The summed E-state index contributed by atoms with van der Waals surface area (Å²) in [5.74, 6) is 0.418. The van der Waals surface area contributed by atoms with Gasteiger partial charge in [-0.2, -0.15) is 0 Å². The van der Waals surface area contributed by atoms with Gasteiger partial charge in [0.15, 0.2) is 5.96 Å². The summed E-state index contributed by atoms with van der Waals surface area (Å²) in [5.41, 5.74) is 6.99. The Morgan fingerprint density at radius 2 is 2.23 bits per heavy atom. The second-order valence-electron chi connectivity index (χ2n) is 5.85. The highest BCUT2D eigenvalue weighted by Crippen LogP contribution is 2.28. The maximum absolute atomic E-state index is 6.19. The maximum Gasteiger partial charge on any atom is 0.189 e. The van der Waals surface area contributed by atoms with E-state index in [-0.39, 0.29) is 35.4 Å². The fourth-order valence-electron chi connectivity index (χ4n) is 2.31. The Hall–Kier alpha value is -0.240. The summed E-state index contributed by atoms with van der Waals surface area (Å²) in [7, 11) is 0. The Kier molecular flexibility index (Phi) is 7.71. The van der Waals surface area contributed by atoms with Gasteiger partial charge in [-0.25, -0.2) is 0 Å². The van der Waals surface area contributed by atoms with Gasteiger partial charge in [0, 0.05) is 22.1 Å². The zero-order valence-electron chi connectivity index (χ0n) is 12.7. The Morgan fingerprint density at radius 1 is 1.50 bits per heavy atom. The van der Waals surface area contributed by atoms with Crippen LogP contribution in [0.1, 0.15) is 31.9 Å². The molecule has 2 unspecified atom stereocenters. The van der Waals surface area contributed by atoms with Gasteiger partial charge in [0.2, 0.25) is 0 Å². The van der Waals surface area contributed by atoms with E-state index in [4.69, 9.17) is 33.7 Å². The van der Waals surface area contributed by atoms with E-state index in [1.54, 1.807) is 6.07 Å². The van der Waals surface area contributed by atoms with Gasteiger partial charge in [-0.3, -0.25) is 4.99 Å². The van der Waals surface area contributed by atoms with Gasteiger partial charge >= 0.3 is 0 Å². The zero-order chi connectivity index (χ0) is 15.5. The van der Waals surface area contributed by atoms with Gasteiger partial charge < -0.3 is 15.8 Å². The first-order valence-corrected chi connectivity index (χ1v) is 7.74. The third-order valence-electron chi connectivity index (χ3n) is 3.72. The van der Waals surface area contributed by atoms with Crippen molar-refractivity contribution in [2.24, 2.45) is 16.1 Å². The van der Waals surface area contributed by atoms with Crippen molar-refractivity contribution in [1.29, 1.82) is 0 Å². The third-order valence-corrected chi connectivity index (χ3v) is 4.29. The van der Waals surface area contributed by atoms with E-state index in [1.165, 1.54) is 0 Å². The molecule has 1 aromatic rings. The number of nitrogens with zero attached hydrogens (tertiary/aromatic N) is 1. The Balaban J connectivity index is 0.00000242. The molecule has 2 rings (SSSR count). The van der Waals surface area contributed by atoms with Crippen LogP contribution in [-0.4, -0.2) is 25.7 Å². The predicted octanol–water partition coefficient (Wildman–Crippen LogP) is 4.00. The van der Waals surface area contributed by atoms with Crippen molar-refractivity contribution in [3.05, 3.63) is 33.8 Å². The van der Waals surface area contributed by atoms with Crippen LogP contribution < -0.4 is 11.1 Å². The first kappa shape index (κ1) is 19.8. The fraction of sp³-hybridized carbons (Fsp3) is 0.533. The molecule has 3 N–H and O–H groups in total. The molecule has 1 fully saturated rings. The summed E-state index contributed by atoms with van der Waals surface area (Å²) in [6, 6.07) is 5.39. The Labute approximate surface area is 158 Å². The summed E-state index contributed by atoms with van der Waals surface area (Å²) in [6.45, 7) is 6.35. The highest BCUT2D eigenvalue weighted by atomic mass is 127. The number of halogens is 3. The molecule has 1 heterocycles. The number of rotatable bonds is 4. The number of hydrogen-bond donors (Lipinski definition) is 2. The molecule has 0 aliphatic carbocycles. The smallest absolute Gasteiger partial charge is 0.189 e. The quantitative estimate of drug-likeness (QED) is 0.408.